The van der Waals surface area contributed by atoms with Crippen molar-refractivity contribution in [1.29, 1.82) is 0 Å². The minimum Gasteiger partial charge on any atom is -0.495 e. The molecule has 2 aromatic carbocycles. The Hall–Kier alpha value is -1.65. The van der Waals surface area contributed by atoms with E-state index in [0.717, 1.165) is 12.1 Å². The first-order valence-electron chi connectivity index (χ1n) is 5.49. The van der Waals surface area contributed by atoms with Gasteiger partial charge in [-0.15, -0.1) is 0 Å². The molecule has 0 aliphatic carbocycles. The number of ether oxygens (including phenoxy) is 1. The number of halogens is 3. The van der Waals surface area contributed by atoms with Crippen molar-refractivity contribution in [3.63, 3.8) is 0 Å². The van der Waals surface area contributed by atoms with Gasteiger partial charge in [0, 0.05) is 0 Å². The van der Waals surface area contributed by atoms with Crippen molar-refractivity contribution in [3.8, 4) is 5.75 Å². The van der Waals surface area contributed by atoms with E-state index >= 15 is 0 Å². The summed E-state index contributed by atoms with van der Waals surface area (Å²) in [7, 11) is 1.45. The first-order valence-corrected chi connectivity index (χ1v) is 5.87. The molecule has 0 aliphatic heterocycles. The largest absolute Gasteiger partial charge is 0.495 e. The molecular weight excluding hydrogens is 274 g/mol. The van der Waals surface area contributed by atoms with Gasteiger partial charge in [0.1, 0.15) is 11.9 Å². The highest BCUT2D eigenvalue weighted by molar-refractivity contribution is 6.32. The molecule has 19 heavy (non-hydrogen) atoms. The van der Waals surface area contributed by atoms with Gasteiger partial charge >= 0.3 is 0 Å². The molecule has 1 N–H and O–H groups in total. The molecule has 0 aliphatic rings. The molecule has 0 aromatic heterocycles. The SMILES string of the molecule is COc1cc(C(O)c2ccc(F)c(F)c2)ccc1Cl. The number of hydrogen-bond donors (Lipinski definition) is 1. The molecule has 0 saturated carbocycles. The lowest BCUT2D eigenvalue weighted by Crippen LogP contribution is -2.01. The van der Waals surface area contributed by atoms with Gasteiger partial charge in [-0.3, -0.25) is 0 Å². The lowest BCUT2D eigenvalue weighted by molar-refractivity contribution is 0.219. The number of aliphatic hydroxyl groups is 1. The first kappa shape index (κ1) is 13.8. The zero-order valence-corrected chi connectivity index (χ0v) is 10.8. The van der Waals surface area contributed by atoms with E-state index in [1.807, 2.05) is 0 Å². The molecule has 1 atom stereocenters. The molecule has 2 rings (SSSR count). The minimum atomic E-state index is -1.08. The van der Waals surface area contributed by atoms with E-state index in [4.69, 9.17) is 16.3 Å². The van der Waals surface area contributed by atoms with E-state index in [1.54, 1.807) is 18.2 Å². The Kier molecular flexibility index (Phi) is 4.02. The molecule has 0 amide bonds. The van der Waals surface area contributed by atoms with E-state index in [1.165, 1.54) is 13.2 Å². The predicted octanol–water partition coefficient (Wildman–Crippen LogP) is 3.71. The fourth-order valence-electron chi connectivity index (χ4n) is 1.72. The summed E-state index contributed by atoms with van der Waals surface area (Å²) in [5.41, 5.74) is 0.732. The maximum atomic E-state index is 13.1. The summed E-state index contributed by atoms with van der Waals surface area (Å²) in [6, 6.07) is 7.97. The van der Waals surface area contributed by atoms with Gasteiger partial charge in [0.05, 0.1) is 12.1 Å². The molecule has 5 heteroatoms. The Morgan fingerprint density at radius 1 is 1.05 bits per heavy atom. The van der Waals surface area contributed by atoms with Crippen LogP contribution < -0.4 is 4.74 Å². The Balaban J connectivity index is 2.37. The number of hydrogen-bond acceptors (Lipinski definition) is 2. The van der Waals surface area contributed by atoms with Crippen LogP contribution in [0.4, 0.5) is 8.78 Å². The maximum Gasteiger partial charge on any atom is 0.159 e. The molecule has 0 spiro atoms. The standard InChI is InChI=1S/C14H11ClF2O2/c1-19-13-7-9(2-4-10(13)15)14(18)8-3-5-11(16)12(17)6-8/h2-7,14,18H,1H3. The van der Waals surface area contributed by atoms with Gasteiger partial charge in [-0.05, 0) is 35.4 Å². The molecule has 0 heterocycles. The van der Waals surface area contributed by atoms with Gasteiger partial charge in [-0.25, -0.2) is 8.78 Å². The Labute approximate surface area is 114 Å². The number of rotatable bonds is 3. The topological polar surface area (TPSA) is 29.5 Å². The monoisotopic (exact) mass is 284 g/mol. The predicted molar refractivity (Wildman–Crippen MR) is 68.4 cm³/mol. The molecule has 0 radical (unpaired) electrons. The van der Waals surface area contributed by atoms with Crippen molar-refractivity contribution >= 4 is 11.6 Å². The normalized spacial score (nSPS) is 12.3. The Bertz CT molecular complexity index is 602. The lowest BCUT2D eigenvalue weighted by Gasteiger charge is -2.13. The highest BCUT2D eigenvalue weighted by atomic mass is 35.5. The Morgan fingerprint density at radius 2 is 1.68 bits per heavy atom. The van der Waals surface area contributed by atoms with Crippen molar-refractivity contribution in [2.75, 3.05) is 7.11 Å². The van der Waals surface area contributed by atoms with Crippen LogP contribution in [0.15, 0.2) is 36.4 Å². The average molecular weight is 285 g/mol. The summed E-state index contributed by atoms with van der Waals surface area (Å²) in [5, 5.41) is 10.5. The van der Waals surface area contributed by atoms with Crippen LogP contribution in [0.5, 0.6) is 5.75 Å². The summed E-state index contributed by atoms with van der Waals surface area (Å²) in [6.07, 6.45) is -1.08. The van der Waals surface area contributed by atoms with Gasteiger partial charge in [-0.2, -0.15) is 0 Å². The number of methoxy groups -OCH3 is 1. The van der Waals surface area contributed by atoms with Crippen LogP contribution >= 0.6 is 11.6 Å². The summed E-state index contributed by atoms with van der Waals surface area (Å²) >= 11 is 5.88. The first-order chi connectivity index (χ1) is 9.02. The van der Waals surface area contributed by atoms with E-state index in [2.05, 4.69) is 0 Å². The highest BCUT2D eigenvalue weighted by Crippen LogP contribution is 2.30. The maximum absolute atomic E-state index is 13.1. The summed E-state index contributed by atoms with van der Waals surface area (Å²) in [6.45, 7) is 0. The quantitative estimate of drug-likeness (QED) is 0.931. The van der Waals surface area contributed by atoms with Gasteiger partial charge in [0.15, 0.2) is 11.6 Å². The summed E-state index contributed by atoms with van der Waals surface area (Å²) in [5.74, 6) is -1.55. The molecule has 0 bridgehead atoms. The molecular formula is C14H11ClF2O2. The van der Waals surface area contributed by atoms with Gasteiger partial charge in [0.2, 0.25) is 0 Å². The summed E-state index contributed by atoms with van der Waals surface area (Å²) < 4.78 is 31.0. The fraction of sp³-hybridized carbons (Fsp3) is 0.143. The van der Waals surface area contributed by atoms with Gasteiger partial charge in [0.25, 0.3) is 0 Å². The van der Waals surface area contributed by atoms with E-state index in [0.29, 0.717) is 16.3 Å². The molecule has 1 unspecified atom stereocenters. The zero-order valence-electron chi connectivity index (χ0n) is 10.0. The Morgan fingerprint density at radius 3 is 2.32 bits per heavy atom. The third kappa shape index (κ3) is 2.85. The van der Waals surface area contributed by atoms with Crippen molar-refractivity contribution in [3.05, 3.63) is 64.2 Å². The minimum absolute atomic E-state index is 0.253. The third-order valence-corrected chi connectivity index (χ3v) is 3.06. The van der Waals surface area contributed by atoms with Gasteiger partial charge in [-0.1, -0.05) is 23.7 Å². The van der Waals surface area contributed by atoms with Crippen molar-refractivity contribution in [2.24, 2.45) is 0 Å². The fourth-order valence-corrected chi connectivity index (χ4v) is 1.92. The van der Waals surface area contributed by atoms with Gasteiger partial charge < -0.3 is 9.84 Å². The number of benzene rings is 2. The van der Waals surface area contributed by atoms with Crippen LogP contribution in [0.3, 0.4) is 0 Å². The average Bonchev–Trinajstić information content (AvgIpc) is 2.41. The van der Waals surface area contributed by atoms with Crippen LogP contribution in [0.1, 0.15) is 17.2 Å². The van der Waals surface area contributed by atoms with Crippen LogP contribution in [-0.2, 0) is 0 Å². The third-order valence-electron chi connectivity index (χ3n) is 2.75. The molecule has 0 fully saturated rings. The van der Waals surface area contributed by atoms with Crippen LogP contribution in [0, 0.1) is 11.6 Å². The molecule has 100 valence electrons. The zero-order chi connectivity index (χ0) is 14.0. The molecule has 2 nitrogen and oxygen atoms in total. The van der Waals surface area contributed by atoms with Crippen LogP contribution in [0.2, 0.25) is 5.02 Å². The lowest BCUT2D eigenvalue weighted by atomic mass is 10.0. The van der Waals surface area contributed by atoms with E-state index < -0.39 is 17.7 Å². The van der Waals surface area contributed by atoms with Crippen molar-refractivity contribution in [1.82, 2.24) is 0 Å². The van der Waals surface area contributed by atoms with Crippen molar-refractivity contribution in [2.45, 2.75) is 6.10 Å². The smallest absolute Gasteiger partial charge is 0.159 e. The van der Waals surface area contributed by atoms with Crippen LogP contribution in [-0.4, -0.2) is 12.2 Å². The van der Waals surface area contributed by atoms with Crippen molar-refractivity contribution < 1.29 is 18.6 Å². The second kappa shape index (κ2) is 5.55. The number of aliphatic hydroxyl groups excluding tert-OH is 1. The second-order valence-electron chi connectivity index (χ2n) is 3.97. The highest BCUT2D eigenvalue weighted by Gasteiger charge is 2.14. The summed E-state index contributed by atoms with van der Waals surface area (Å²) in [4.78, 5) is 0. The van der Waals surface area contributed by atoms with Crippen LogP contribution in [0.25, 0.3) is 0 Å². The van der Waals surface area contributed by atoms with E-state index in [9.17, 15) is 13.9 Å². The molecule has 2 aromatic rings. The molecule has 0 saturated heterocycles. The second-order valence-corrected chi connectivity index (χ2v) is 4.38. The van der Waals surface area contributed by atoms with E-state index in [-0.39, 0.29) is 5.56 Å².